The highest BCUT2D eigenvalue weighted by Crippen LogP contribution is 2.18. The summed E-state index contributed by atoms with van der Waals surface area (Å²) in [5, 5.41) is 3.52. The van der Waals surface area contributed by atoms with Crippen LogP contribution in [0.15, 0.2) is 18.3 Å². The van der Waals surface area contributed by atoms with Crippen molar-refractivity contribution in [2.24, 2.45) is 0 Å². The van der Waals surface area contributed by atoms with Crippen molar-refractivity contribution in [2.75, 3.05) is 13.2 Å². The van der Waals surface area contributed by atoms with Crippen LogP contribution in [-0.4, -0.2) is 34.5 Å². The van der Waals surface area contributed by atoms with Gasteiger partial charge in [-0.25, -0.2) is 4.98 Å². The van der Waals surface area contributed by atoms with Crippen LogP contribution in [0.4, 0.5) is 0 Å². The molecule has 3 rings (SSSR count). The molecule has 0 aromatic carbocycles. The number of amides is 1. The predicted molar refractivity (Wildman–Crippen MR) is 80.9 cm³/mol. The zero-order valence-electron chi connectivity index (χ0n) is 11.9. The second-order valence-electron chi connectivity index (χ2n) is 5.18. The summed E-state index contributed by atoms with van der Waals surface area (Å²) in [6.45, 7) is 3.31. The first-order valence-corrected chi connectivity index (χ1v) is 7.63. The Morgan fingerprint density at radius 3 is 3.14 bits per heavy atom. The molecule has 1 fully saturated rings. The smallest absolute Gasteiger partial charge is 0.270 e. The summed E-state index contributed by atoms with van der Waals surface area (Å²) in [5.74, 6) is -0.128. The van der Waals surface area contributed by atoms with Gasteiger partial charge in [-0.1, -0.05) is 18.5 Å². The summed E-state index contributed by atoms with van der Waals surface area (Å²) in [4.78, 5) is 17.0. The number of carbonyl (C=O) groups excluding carboxylic acids is 1. The van der Waals surface area contributed by atoms with Gasteiger partial charge in [0.15, 0.2) is 0 Å². The van der Waals surface area contributed by atoms with E-state index in [9.17, 15) is 4.79 Å². The Kier molecular flexibility index (Phi) is 4.12. The number of aromatic nitrogens is 2. The molecule has 1 amide bonds. The van der Waals surface area contributed by atoms with Gasteiger partial charge in [-0.2, -0.15) is 0 Å². The standard InChI is InChI=1S/C15H18ClN3O2/c1-2-12-14(15(20)17-8-11-4-3-7-21-11)19-9-10(16)5-6-13(19)18-12/h5-6,9,11H,2-4,7-8H2,1H3,(H,17,20). The van der Waals surface area contributed by atoms with E-state index in [-0.39, 0.29) is 12.0 Å². The molecule has 21 heavy (non-hydrogen) atoms. The molecule has 0 radical (unpaired) electrons. The molecule has 1 atom stereocenters. The first kappa shape index (κ1) is 14.4. The van der Waals surface area contributed by atoms with Gasteiger partial charge in [0.25, 0.3) is 5.91 Å². The molecule has 1 N–H and O–H groups in total. The lowest BCUT2D eigenvalue weighted by molar-refractivity contribution is 0.0852. The van der Waals surface area contributed by atoms with Crippen molar-refractivity contribution >= 4 is 23.2 Å². The molecule has 1 unspecified atom stereocenters. The van der Waals surface area contributed by atoms with E-state index in [0.29, 0.717) is 23.7 Å². The van der Waals surface area contributed by atoms with Crippen LogP contribution in [-0.2, 0) is 11.2 Å². The van der Waals surface area contributed by atoms with E-state index in [1.807, 2.05) is 13.0 Å². The predicted octanol–water partition coefficient (Wildman–Crippen LogP) is 2.46. The summed E-state index contributed by atoms with van der Waals surface area (Å²) in [6, 6.07) is 3.59. The fraction of sp³-hybridized carbons (Fsp3) is 0.467. The van der Waals surface area contributed by atoms with Crippen LogP contribution >= 0.6 is 11.6 Å². The van der Waals surface area contributed by atoms with Gasteiger partial charge >= 0.3 is 0 Å². The molecule has 2 aromatic rings. The van der Waals surface area contributed by atoms with Crippen molar-refractivity contribution in [3.05, 3.63) is 34.7 Å². The third kappa shape index (κ3) is 2.89. The van der Waals surface area contributed by atoms with Crippen molar-refractivity contribution < 1.29 is 9.53 Å². The Balaban J connectivity index is 1.86. The van der Waals surface area contributed by atoms with Crippen LogP contribution in [0.1, 0.15) is 35.9 Å². The number of rotatable bonds is 4. The van der Waals surface area contributed by atoms with Crippen LogP contribution in [0.3, 0.4) is 0 Å². The minimum Gasteiger partial charge on any atom is -0.376 e. The minimum atomic E-state index is -0.128. The number of fused-ring (bicyclic) bond motifs is 1. The second kappa shape index (κ2) is 6.03. The highest BCUT2D eigenvalue weighted by atomic mass is 35.5. The number of hydrogen-bond donors (Lipinski definition) is 1. The third-order valence-corrected chi connectivity index (χ3v) is 3.94. The molecule has 5 nitrogen and oxygen atoms in total. The Labute approximate surface area is 128 Å². The Morgan fingerprint density at radius 2 is 2.43 bits per heavy atom. The summed E-state index contributed by atoms with van der Waals surface area (Å²) in [5.41, 5.74) is 2.08. The molecular formula is C15H18ClN3O2. The molecule has 6 heteroatoms. The maximum atomic E-state index is 12.5. The summed E-state index contributed by atoms with van der Waals surface area (Å²) in [7, 11) is 0. The van der Waals surface area contributed by atoms with E-state index in [1.54, 1.807) is 16.7 Å². The van der Waals surface area contributed by atoms with Crippen LogP contribution in [0.2, 0.25) is 5.02 Å². The molecule has 1 aliphatic rings. The van der Waals surface area contributed by atoms with E-state index >= 15 is 0 Å². The quantitative estimate of drug-likeness (QED) is 0.944. The molecule has 0 saturated carbocycles. The van der Waals surface area contributed by atoms with Crippen molar-refractivity contribution in [1.82, 2.24) is 14.7 Å². The number of pyridine rings is 1. The molecule has 112 valence electrons. The minimum absolute atomic E-state index is 0.127. The second-order valence-corrected chi connectivity index (χ2v) is 5.62. The normalized spacial score (nSPS) is 18.3. The number of hydrogen-bond acceptors (Lipinski definition) is 3. The fourth-order valence-electron chi connectivity index (χ4n) is 2.65. The summed E-state index contributed by atoms with van der Waals surface area (Å²) < 4.78 is 7.28. The molecule has 1 saturated heterocycles. The lowest BCUT2D eigenvalue weighted by Gasteiger charge is -2.11. The van der Waals surface area contributed by atoms with Gasteiger partial charge < -0.3 is 10.1 Å². The van der Waals surface area contributed by atoms with Gasteiger partial charge in [-0.3, -0.25) is 9.20 Å². The SMILES string of the molecule is CCc1nc2ccc(Cl)cn2c1C(=O)NCC1CCCO1. The van der Waals surface area contributed by atoms with Gasteiger partial charge in [0.05, 0.1) is 16.8 Å². The Morgan fingerprint density at radius 1 is 1.57 bits per heavy atom. The van der Waals surface area contributed by atoms with Crippen molar-refractivity contribution in [2.45, 2.75) is 32.3 Å². The number of nitrogens with one attached hydrogen (secondary N) is 1. The molecule has 1 aliphatic heterocycles. The van der Waals surface area contributed by atoms with E-state index in [2.05, 4.69) is 10.3 Å². The Bertz CT molecular complexity index is 662. The molecule has 3 heterocycles. The number of halogens is 1. The molecule has 0 bridgehead atoms. The van der Waals surface area contributed by atoms with Crippen molar-refractivity contribution in [1.29, 1.82) is 0 Å². The largest absolute Gasteiger partial charge is 0.376 e. The topological polar surface area (TPSA) is 55.6 Å². The first-order valence-electron chi connectivity index (χ1n) is 7.25. The Hall–Kier alpha value is -1.59. The van der Waals surface area contributed by atoms with Gasteiger partial charge in [0.2, 0.25) is 0 Å². The van der Waals surface area contributed by atoms with Crippen LogP contribution < -0.4 is 5.32 Å². The van der Waals surface area contributed by atoms with Crippen LogP contribution in [0.25, 0.3) is 5.65 Å². The van der Waals surface area contributed by atoms with Gasteiger partial charge in [0, 0.05) is 19.3 Å². The monoisotopic (exact) mass is 307 g/mol. The van der Waals surface area contributed by atoms with Crippen molar-refractivity contribution in [3.8, 4) is 0 Å². The van der Waals surface area contributed by atoms with Gasteiger partial charge in [0.1, 0.15) is 11.3 Å². The van der Waals surface area contributed by atoms with Crippen LogP contribution in [0.5, 0.6) is 0 Å². The molecule has 2 aromatic heterocycles. The highest BCUT2D eigenvalue weighted by Gasteiger charge is 2.21. The number of aryl methyl sites for hydroxylation is 1. The zero-order chi connectivity index (χ0) is 14.8. The number of carbonyl (C=O) groups is 1. The average Bonchev–Trinajstić information content (AvgIpc) is 3.11. The van der Waals surface area contributed by atoms with E-state index < -0.39 is 0 Å². The first-order chi connectivity index (χ1) is 10.2. The average molecular weight is 308 g/mol. The van der Waals surface area contributed by atoms with Gasteiger partial charge in [-0.15, -0.1) is 0 Å². The zero-order valence-corrected chi connectivity index (χ0v) is 12.7. The number of imidazole rings is 1. The van der Waals surface area contributed by atoms with E-state index in [0.717, 1.165) is 30.8 Å². The lowest BCUT2D eigenvalue weighted by Crippen LogP contribution is -2.33. The summed E-state index contributed by atoms with van der Waals surface area (Å²) in [6.07, 6.45) is 4.61. The van der Waals surface area contributed by atoms with E-state index in [4.69, 9.17) is 16.3 Å². The number of ether oxygens (including phenoxy) is 1. The maximum Gasteiger partial charge on any atom is 0.270 e. The molecule has 0 aliphatic carbocycles. The maximum absolute atomic E-state index is 12.5. The highest BCUT2D eigenvalue weighted by molar-refractivity contribution is 6.30. The van der Waals surface area contributed by atoms with Gasteiger partial charge in [-0.05, 0) is 31.4 Å². The number of nitrogens with zero attached hydrogens (tertiary/aromatic N) is 2. The molecule has 0 spiro atoms. The van der Waals surface area contributed by atoms with Crippen molar-refractivity contribution in [3.63, 3.8) is 0 Å². The fourth-order valence-corrected chi connectivity index (χ4v) is 2.81. The third-order valence-electron chi connectivity index (χ3n) is 3.72. The van der Waals surface area contributed by atoms with Crippen LogP contribution in [0, 0.1) is 0 Å². The molecular weight excluding hydrogens is 290 g/mol. The summed E-state index contributed by atoms with van der Waals surface area (Å²) >= 11 is 6.03. The lowest BCUT2D eigenvalue weighted by atomic mass is 10.2. The van der Waals surface area contributed by atoms with E-state index in [1.165, 1.54) is 0 Å².